The van der Waals surface area contributed by atoms with Gasteiger partial charge in [-0.15, -0.1) is 0 Å². The highest BCUT2D eigenvalue weighted by Gasteiger charge is 2.30. The Labute approximate surface area is 114 Å². The van der Waals surface area contributed by atoms with Crippen LogP contribution < -0.4 is 5.73 Å². The number of halogens is 3. The van der Waals surface area contributed by atoms with E-state index in [2.05, 4.69) is 0 Å². The minimum Gasteiger partial charge on any atom is -0.398 e. The lowest BCUT2D eigenvalue weighted by molar-refractivity contribution is -0.137. The Morgan fingerprint density at radius 3 is 2.40 bits per heavy atom. The summed E-state index contributed by atoms with van der Waals surface area (Å²) in [6.45, 7) is -0.0593. The first kappa shape index (κ1) is 14.4. The van der Waals surface area contributed by atoms with Crippen LogP contribution in [-0.2, 0) is 12.6 Å². The minimum absolute atomic E-state index is 0.0593. The van der Waals surface area contributed by atoms with Crippen LogP contribution in [-0.4, -0.2) is 11.7 Å². The fraction of sp³-hybridized carbons (Fsp3) is 0.200. The van der Waals surface area contributed by atoms with E-state index in [-0.39, 0.29) is 6.61 Å². The van der Waals surface area contributed by atoms with Crippen molar-refractivity contribution in [2.45, 2.75) is 12.6 Å². The molecule has 2 rings (SSSR count). The van der Waals surface area contributed by atoms with Crippen LogP contribution in [0.15, 0.2) is 42.5 Å². The molecule has 2 aromatic carbocycles. The van der Waals surface area contributed by atoms with Gasteiger partial charge in [0.05, 0.1) is 5.56 Å². The summed E-state index contributed by atoms with van der Waals surface area (Å²) in [4.78, 5) is 0. The molecule has 0 saturated heterocycles. The number of anilines is 1. The van der Waals surface area contributed by atoms with E-state index < -0.39 is 11.7 Å². The molecule has 0 aliphatic rings. The number of hydrogen-bond donors (Lipinski definition) is 2. The van der Waals surface area contributed by atoms with Gasteiger partial charge in [0.1, 0.15) is 0 Å². The highest BCUT2D eigenvalue weighted by Crippen LogP contribution is 2.34. The first-order chi connectivity index (χ1) is 9.43. The van der Waals surface area contributed by atoms with Crippen molar-refractivity contribution in [2.24, 2.45) is 0 Å². The van der Waals surface area contributed by atoms with Gasteiger partial charge in [-0.3, -0.25) is 0 Å². The number of aliphatic hydroxyl groups is 1. The molecular formula is C15H14F3NO. The predicted octanol–water partition coefficient (Wildman–Crippen LogP) is 3.49. The van der Waals surface area contributed by atoms with Crippen LogP contribution >= 0.6 is 0 Å². The quantitative estimate of drug-likeness (QED) is 0.846. The molecule has 0 atom stereocenters. The molecule has 0 radical (unpaired) electrons. The van der Waals surface area contributed by atoms with Gasteiger partial charge in [0.25, 0.3) is 0 Å². The largest absolute Gasteiger partial charge is 0.416 e. The molecule has 20 heavy (non-hydrogen) atoms. The summed E-state index contributed by atoms with van der Waals surface area (Å²) in [6.07, 6.45) is -4.01. The summed E-state index contributed by atoms with van der Waals surface area (Å²) in [5.74, 6) is 0. The SMILES string of the molecule is Nc1c(CCO)cccc1-c1cccc(C(F)(F)F)c1. The summed E-state index contributed by atoms with van der Waals surface area (Å²) >= 11 is 0. The van der Waals surface area contributed by atoms with Crippen LogP contribution in [0.5, 0.6) is 0 Å². The summed E-state index contributed by atoms with van der Waals surface area (Å²) in [6, 6.07) is 10.2. The van der Waals surface area contributed by atoms with Gasteiger partial charge in [-0.2, -0.15) is 13.2 Å². The number of rotatable bonds is 3. The number of alkyl halides is 3. The predicted molar refractivity (Wildman–Crippen MR) is 72.1 cm³/mol. The lowest BCUT2D eigenvalue weighted by atomic mass is 9.97. The van der Waals surface area contributed by atoms with Crippen molar-refractivity contribution in [1.82, 2.24) is 0 Å². The Bertz CT molecular complexity index is 608. The Morgan fingerprint density at radius 1 is 1.05 bits per heavy atom. The van der Waals surface area contributed by atoms with Crippen molar-refractivity contribution < 1.29 is 18.3 Å². The summed E-state index contributed by atoms with van der Waals surface area (Å²) in [5, 5.41) is 8.95. The zero-order chi connectivity index (χ0) is 14.8. The van der Waals surface area contributed by atoms with Gasteiger partial charge in [-0.1, -0.05) is 30.3 Å². The summed E-state index contributed by atoms with van der Waals surface area (Å²) < 4.78 is 38.2. The Kier molecular flexibility index (Phi) is 3.99. The number of hydrogen-bond acceptors (Lipinski definition) is 2. The molecule has 0 fully saturated rings. The van der Waals surface area contributed by atoms with Crippen LogP contribution in [0.1, 0.15) is 11.1 Å². The van der Waals surface area contributed by atoms with Crippen LogP contribution in [0.25, 0.3) is 11.1 Å². The first-order valence-corrected chi connectivity index (χ1v) is 6.09. The highest BCUT2D eigenvalue weighted by atomic mass is 19.4. The van der Waals surface area contributed by atoms with Crippen molar-refractivity contribution in [3.8, 4) is 11.1 Å². The van der Waals surface area contributed by atoms with Gasteiger partial charge in [0.2, 0.25) is 0 Å². The molecule has 0 aliphatic carbocycles. The average Bonchev–Trinajstić information content (AvgIpc) is 2.41. The zero-order valence-electron chi connectivity index (χ0n) is 10.6. The molecule has 0 saturated carbocycles. The standard InChI is InChI=1S/C15H14F3NO/c16-15(17,18)12-5-1-4-11(9-12)13-6-2-3-10(7-8-20)14(13)19/h1-6,9,20H,7-8,19H2. The number of aliphatic hydroxyl groups excluding tert-OH is 1. The van der Waals surface area contributed by atoms with Crippen molar-refractivity contribution in [3.05, 3.63) is 53.6 Å². The summed E-state index contributed by atoms with van der Waals surface area (Å²) in [5.41, 5.74) is 7.35. The van der Waals surface area contributed by atoms with Gasteiger partial charge >= 0.3 is 6.18 Å². The van der Waals surface area contributed by atoms with Crippen molar-refractivity contribution in [1.29, 1.82) is 0 Å². The third-order valence-electron chi connectivity index (χ3n) is 3.08. The monoisotopic (exact) mass is 281 g/mol. The molecule has 0 unspecified atom stereocenters. The minimum atomic E-state index is -4.38. The third-order valence-corrected chi connectivity index (χ3v) is 3.08. The van der Waals surface area contributed by atoms with E-state index in [0.717, 1.165) is 17.7 Å². The second-order valence-corrected chi connectivity index (χ2v) is 4.43. The van der Waals surface area contributed by atoms with Crippen molar-refractivity contribution in [2.75, 3.05) is 12.3 Å². The van der Waals surface area contributed by atoms with Gasteiger partial charge in [-0.05, 0) is 29.7 Å². The molecule has 0 aromatic heterocycles. The maximum Gasteiger partial charge on any atom is 0.416 e. The molecule has 2 aromatic rings. The Balaban J connectivity index is 2.49. The second kappa shape index (κ2) is 5.54. The topological polar surface area (TPSA) is 46.2 Å². The average molecular weight is 281 g/mol. The van der Waals surface area contributed by atoms with Crippen LogP contribution in [0.4, 0.5) is 18.9 Å². The maximum absolute atomic E-state index is 12.7. The lowest BCUT2D eigenvalue weighted by Gasteiger charge is -2.13. The molecule has 106 valence electrons. The molecule has 5 heteroatoms. The molecule has 0 amide bonds. The van der Waals surface area contributed by atoms with E-state index in [0.29, 0.717) is 23.2 Å². The van der Waals surface area contributed by atoms with Gasteiger partial charge < -0.3 is 10.8 Å². The second-order valence-electron chi connectivity index (χ2n) is 4.43. The van der Waals surface area contributed by atoms with Crippen LogP contribution in [0.2, 0.25) is 0 Å². The van der Waals surface area contributed by atoms with Crippen LogP contribution in [0, 0.1) is 0 Å². The maximum atomic E-state index is 12.7. The third kappa shape index (κ3) is 2.93. The smallest absolute Gasteiger partial charge is 0.398 e. The molecule has 0 heterocycles. The normalized spacial score (nSPS) is 11.6. The Morgan fingerprint density at radius 2 is 1.75 bits per heavy atom. The van der Waals surface area contributed by atoms with E-state index in [1.165, 1.54) is 6.07 Å². The molecule has 0 bridgehead atoms. The van der Waals surface area contributed by atoms with E-state index in [9.17, 15) is 13.2 Å². The Hall–Kier alpha value is -2.01. The molecule has 3 N–H and O–H groups in total. The number of para-hydroxylation sites is 1. The first-order valence-electron chi connectivity index (χ1n) is 6.09. The van der Waals surface area contributed by atoms with E-state index in [1.807, 2.05) is 0 Å². The number of nitrogens with two attached hydrogens (primary N) is 1. The highest BCUT2D eigenvalue weighted by molar-refractivity contribution is 5.78. The number of nitrogen functional groups attached to an aromatic ring is 1. The molecule has 2 nitrogen and oxygen atoms in total. The fourth-order valence-corrected chi connectivity index (χ4v) is 2.07. The lowest BCUT2D eigenvalue weighted by Crippen LogP contribution is -2.05. The number of benzene rings is 2. The zero-order valence-corrected chi connectivity index (χ0v) is 10.6. The van der Waals surface area contributed by atoms with Crippen molar-refractivity contribution in [3.63, 3.8) is 0 Å². The molecule has 0 spiro atoms. The molecule has 0 aliphatic heterocycles. The van der Waals surface area contributed by atoms with E-state index in [4.69, 9.17) is 10.8 Å². The fourth-order valence-electron chi connectivity index (χ4n) is 2.07. The van der Waals surface area contributed by atoms with Gasteiger partial charge in [0, 0.05) is 17.9 Å². The summed E-state index contributed by atoms with van der Waals surface area (Å²) in [7, 11) is 0. The van der Waals surface area contributed by atoms with Crippen LogP contribution in [0.3, 0.4) is 0 Å². The van der Waals surface area contributed by atoms with Crippen molar-refractivity contribution >= 4 is 5.69 Å². The molecular weight excluding hydrogens is 267 g/mol. The van der Waals surface area contributed by atoms with Gasteiger partial charge in [-0.25, -0.2) is 0 Å². The van der Waals surface area contributed by atoms with E-state index >= 15 is 0 Å². The van der Waals surface area contributed by atoms with Gasteiger partial charge in [0.15, 0.2) is 0 Å². The van der Waals surface area contributed by atoms with E-state index in [1.54, 1.807) is 24.3 Å².